The number of carbonyl (C=O) groups is 1. The maximum Gasteiger partial charge on any atom is 0.254 e. The minimum atomic E-state index is -0.303. The van der Waals surface area contributed by atoms with E-state index in [-0.39, 0.29) is 30.6 Å². The number of fused-ring (bicyclic) bond motifs is 3. The smallest absolute Gasteiger partial charge is 0.254 e. The van der Waals surface area contributed by atoms with Crippen molar-refractivity contribution in [2.45, 2.75) is 39.1 Å². The number of aliphatic hydroxyl groups excluding tert-OH is 1. The summed E-state index contributed by atoms with van der Waals surface area (Å²) in [5.41, 5.74) is 4.76. The molecule has 4 rings (SSSR count). The van der Waals surface area contributed by atoms with Gasteiger partial charge in [-0.2, -0.15) is 0 Å². The van der Waals surface area contributed by atoms with E-state index in [1.165, 1.54) is 0 Å². The lowest BCUT2D eigenvalue weighted by molar-refractivity contribution is -0.0241. The normalized spacial score (nSPS) is 19.6. The molecule has 1 aliphatic heterocycles. The Balaban J connectivity index is 1.68. The fourth-order valence-corrected chi connectivity index (χ4v) is 4.73. The van der Waals surface area contributed by atoms with E-state index in [0.29, 0.717) is 25.3 Å². The molecule has 1 aliphatic rings. The molecule has 1 amide bonds. The zero-order valence-corrected chi connectivity index (χ0v) is 20.8. The Hall–Kier alpha value is -3.06. The first-order valence-electron chi connectivity index (χ1n) is 12.3. The first kappa shape index (κ1) is 25.0. The maximum absolute atomic E-state index is 13.8. The summed E-state index contributed by atoms with van der Waals surface area (Å²) in [6, 6.07) is 19.6. The quantitative estimate of drug-likeness (QED) is 0.580. The van der Waals surface area contributed by atoms with Crippen molar-refractivity contribution in [3.63, 3.8) is 0 Å². The number of likely N-dealkylation sites (N-methyl/N-ethyl adjacent to an activating group) is 1. The monoisotopic (exact) mass is 473 g/mol. The summed E-state index contributed by atoms with van der Waals surface area (Å²) in [5.74, 6) is -0.00473. The highest BCUT2D eigenvalue weighted by Crippen LogP contribution is 2.31. The maximum atomic E-state index is 13.8. The molecule has 0 unspecified atom stereocenters. The van der Waals surface area contributed by atoms with Crippen molar-refractivity contribution in [2.24, 2.45) is 5.92 Å². The van der Waals surface area contributed by atoms with Gasteiger partial charge in [0.25, 0.3) is 5.91 Å². The predicted molar refractivity (Wildman–Crippen MR) is 138 cm³/mol. The van der Waals surface area contributed by atoms with Gasteiger partial charge in [0.05, 0.1) is 25.4 Å². The van der Waals surface area contributed by atoms with Crippen LogP contribution in [0.2, 0.25) is 0 Å². The second-order valence-corrected chi connectivity index (χ2v) is 9.58. The molecule has 3 atom stereocenters. The molecule has 0 saturated carbocycles. The number of pyridine rings is 1. The Labute approximate surface area is 208 Å². The molecule has 2 aromatic carbocycles. The average molecular weight is 474 g/mol. The second kappa shape index (κ2) is 11.6. The van der Waals surface area contributed by atoms with Gasteiger partial charge < -0.3 is 14.7 Å². The number of rotatable bonds is 6. The van der Waals surface area contributed by atoms with E-state index in [1.54, 1.807) is 11.1 Å². The van der Waals surface area contributed by atoms with Crippen LogP contribution in [0.4, 0.5) is 0 Å². The molecule has 0 fully saturated rings. The standard InChI is InChI=1S/C29H35N3O3/c1-21-16-32(22(2)19-33)29(34)27-13-7-6-12-26(27)25-11-5-4-10-24(25)20-35-28(21)18-31(3)17-23-9-8-14-30-15-23/h4-15,21-22,28,33H,16-20H2,1-3H3/t21-,22-,28-/m0/s1. The molecular weight excluding hydrogens is 438 g/mol. The molecular formula is C29H35N3O3. The summed E-state index contributed by atoms with van der Waals surface area (Å²) >= 11 is 0. The van der Waals surface area contributed by atoms with Crippen LogP contribution in [0, 0.1) is 5.92 Å². The van der Waals surface area contributed by atoms with Gasteiger partial charge in [-0.15, -0.1) is 0 Å². The highest BCUT2D eigenvalue weighted by Gasteiger charge is 2.30. The van der Waals surface area contributed by atoms with Gasteiger partial charge in [-0.05, 0) is 48.4 Å². The van der Waals surface area contributed by atoms with Gasteiger partial charge in [-0.1, -0.05) is 55.5 Å². The number of aliphatic hydroxyl groups is 1. The first-order valence-corrected chi connectivity index (χ1v) is 12.3. The van der Waals surface area contributed by atoms with Gasteiger partial charge in [-0.3, -0.25) is 14.7 Å². The summed E-state index contributed by atoms with van der Waals surface area (Å²) < 4.78 is 6.58. The molecule has 0 radical (unpaired) electrons. The zero-order valence-electron chi connectivity index (χ0n) is 20.8. The summed E-state index contributed by atoms with van der Waals surface area (Å²) in [6.07, 6.45) is 3.56. The summed E-state index contributed by atoms with van der Waals surface area (Å²) in [5, 5.41) is 9.98. The number of hydrogen-bond donors (Lipinski definition) is 1. The SMILES string of the molecule is C[C@H]1CN([C@@H](C)CO)C(=O)c2ccccc2-c2ccccc2CO[C@H]1CN(C)Cc1cccnc1. The molecule has 184 valence electrons. The van der Waals surface area contributed by atoms with Crippen molar-refractivity contribution >= 4 is 5.91 Å². The second-order valence-electron chi connectivity index (χ2n) is 9.58. The Morgan fingerprint density at radius 3 is 2.51 bits per heavy atom. The van der Waals surface area contributed by atoms with Crippen LogP contribution in [0.15, 0.2) is 73.1 Å². The molecule has 0 bridgehead atoms. The third-order valence-electron chi connectivity index (χ3n) is 6.76. The van der Waals surface area contributed by atoms with Crippen LogP contribution in [-0.2, 0) is 17.9 Å². The van der Waals surface area contributed by atoms with Crippen LogP contribution < -0.4 is 0 Å². The van der Waals surface area contributed by atoms with E-state index in [0.717, 1.165) is 28.8 Å². The van der Waals surface area contributed by atoms with Gasteiger partial charge in [0.1, 0.15) is 0 Å². The number of ether oxygens (including phenoxy) is 1. The fraction of sp³-hybridized carbons (Fsp3) is 0.379. The molecule has 1 aromatic heterocycles. The third kappa shape index (κ3) is 5.96. The van der Waals surface area contributed by atoms with E-state index >= 15 is 0 Å². The van der Waals surface area contributed by atoms with Crippen molar-refractivity contribution in [3.8, 4) is 11.1 Å². The Morgan fingerprint density at radius 2 is 1.80 bits per heavy atom. The molecule has 0 aliphatic carbocycles. The van der Waals surface area contributed by atoms with E-state index in [4.69, 9.17) is 4.74 Å². The number of carbonyl (C=O) groups excluding carboxylic acids is 1. The van der Waals surface area contributed by atoms with Crippen LogP contribution in [0.3, 0.4) is 0 Å². The van der Waals surface area contributed by atoms with E-state index < -0.39 is 0 Å². The van der Waals surface area contributed by atoms with Crippen molar-refractivity contribution in [2.75, 3.05) is 26.7 Å². The number of benzene rings is 2. The predicted octanol–water partition coefficient (Wildman–Crippen LogP) is 4.24. The Morgan fingerprint density at radius 1 is 1.09 bits per heavy atom. The highest BCUT2D eigenvalue weighted by molar-refractivity contribution is 6.01. The molecule has 0 spiro atoms. The van der Waals surface area contributed by atoms with Crippen LogP contribution in [0.5, 0.6) is 0 Å². The topological polar surface area (TPSA) is 65.9 Å². The van der Waals surface area contributed by atoms with Crippen molar-refractivity contribution < 1.29 is 14.6 Å². The fourth-order valence-electron chi connectivity index (χ4n) is 4.73. The molecule has 6 nitrogen and oxygen atoms in total. The lowest BCUT2D eigenvalue weighted by Gasteiger charge is -2.35. The van der Waals surface area contributed by atoms with E-state index in [1.807, 2.05) is 55.6 Å². The molecule has 35 heavy (non-hydrogen) atoms. The molecule has 3 aromatic rings. The van der Waals surface area contributed by atoms with Crippen LogP contribution >= 0.6 is 0 Å². The number of nitrogens with zero attached hydrogens (tertiary/aromatic N) is 3. The van der Waals surface area contributed by atoms with Gasteiger partial charge >= 0.3 is 0 Å². The minimum absolute atomic E-state index is 0.0572. The third-order valence-corrected chi connectivity index (χ3v) is 6.76. The lowest BCUT2D eigenvalue weighted by atomic mass is 9.94. The molecule has 1 N–H and O–H groups in total. The van der Waals surface area contributed by atoms with Crippen molar-refractivity contribution in [3.05, 3.63) is 89.7 Å². The summed E-state index contributed by atoms with van der Waals surface area (Å²) in [4.78, 5) is 22.1. The van der Waals surface area contributed by atoms with Crippen LogP contribution in [-0.4, -0.2) is 64.7 Å². The van der Waals surface area contributed by atoms with Crippen molar-refractivity contribution in [1.29, 1.82) is 0 Å². The summed E-state index contributed by atoms with van der Waals surface area (Å²) in [7, 11) is 2.08. The van der Waals surface area contributed by atoms with E-state index in [9.17, 15) is 9.90 Å². The Bertz CT molecular complexity index is 1120. The minimum Gasteiger partial charge on any atom is -0.394 e. The average Bonchev–Trinajstić information content (AvgIpc) is 2.90. The van der Waals surface area contributed by atoms with Gasteiger partial charge in [0, 0.05) is 43.5 Å². The number of amides is 1. The molecule has 0 saturated heterocycles. The molecule has 2 heterocycles. The number of hydrogen-bond acceptors (Lipinski definition) is 5. The highest BCUT2D eigenvalue weighted by atomic mass is 16.5. The van der Waals surface area contributed by atoms with Crippen LogP contribution in [0.1, 0.15) is 35.3 Å². The van der Waals surface area contributed by atoms with Gasteiger partial charge in [0.2, 0.25) is 0 Å². The molecule has 6 heteroatoms. The van der Waals surface area contributed by atoms with Gasteiger partial charge in [-0.25, -0.2) is 0 Å². The van der Waals surface area contributed by atoms with E-state index in [2.05, 4.69) is 42.1 Å². The summed E-state index contributed by atoms with van der Waals surface area (Å²) in [6.45, 7) is 6.36. The van der Waals surface area contributed by atoms with Crippen molar-refractivity contribution in [1.82, 2.24) is 14.8 Å². The Kier molecular flexibility index (Phi) is 8.29. The van der Waals surface area contributed by atoms with Crippen LogP contribution in [0.25, 0.3) is 11.1 Å². The number of aromatic nitrogens is 1. The zero-order chi connectivity index (χ0) is 24.8. The largest absolute Gasteiger partial charge is 0.394 e. The van der Waals surface area contributed by atoms with Gasteiger partial charge in [0.15, 0.2) is 0 Å². The first-order chi connectivity index (χ1) is 17.0. The lowest BCUT2D eigenvalue weighted by Crippen LogP contribution is -2.47.